The Kier molecular flexibility index (Phi) is 5.21. The van der Waals surface area contributed by atoms with E-state index in [-0.39, 0.29) is 30.1 Å². The Morgan fingerprint density at radius 2 is 2.17 bits per heavy atom. The van der Waals surface area contributed by atoms with Crippen LogP contribution in [0.5, 0.6) is 0 Å². The quantitative estimate of drug-likeness (QED) is 0.460. The summed E-state index contributed by atoms with van der Waals surface area (Å²) in [6.07, 6.45) is 1.56. The highest BCUT2D eigenvalue weighted by Gasteiger charge is 2.08. The number of carboxylic acids is 1. The zero-order valence-corrected chi connectivity index (χ0v) is 12.4. The van der Waals surface area contributed by atoms with Crippen molar-refractivity contribution in [3.05, 3.63) is 57.0 Å². The minimum absolute atomic E-state index is 0.119. The predicted octanol–water partition coefficient (Wildman–Crippen LogP) is 0.757. The van der Waals surface area contributed by atoms with Gasteiger partial charge < -0.3 is 10.2 Å². The maximum Gasteiger partial charge on any atom is 0.336 e. The van der Waals surface area contributed by atoms with Crippen molar-refractivity contribution in [2.24, 2.45) is 5.10 Å². The monoisotopic (exact) mass is 316 g/mol. The normalized spacial score (nSPS) is 10.9. The highest BCUT2D eigenvalue weighted by Crippen LogP contribution is 2.07. The Morgan fingerprint density at radius 1 is 1.43 bits per heavy atom. The number of rotatable bonds is 6. The third-order valence-electron chi connectivity index (χ3n) is 3.15. The number of anilines is 1. The summed E-state index contributed by atoms with van der Waals surface area (Å²) >= 11 is 0. The first kappa shape index (κ1) is 16.4. The van der Waals surface area contributed by atoms with E-state index in [4.69, 9.17) is 10.2 Å². The molecule has 0 fully saturated rings. The zero-order valence-electron chi connectivity index (χ0n) is 12.4. The van der Waals surface area contributed by atoms with Crippen molar-refractivity contribution >= 4 is 18.1 Å². The van der Waals surface area contributed by atoms with Crippen molar-refractivity contribution in [1.29, 1.82) is 0 Å². The van der Waals surface area contributed by atoms with E-state index in [1.54, 1.807) is 25.1 Å². The lowest BCUT2D eigenvalue weighted by Gasteiger charge is -2.05. The van der Waals surface area contributed by atoms with Gasteiger partial charge in [0.1, 0.15) is 0 Å². The molecule has 1 aromatic carbocycles. The molecular formula is C15H16N4O4. The SMILES string of the molecule is Cc1nc(N/N=C\c2ccccc2C(=O)O)[nH]c(=O)c1CCO. The van der Waals surface area contributed by atoms with Crippen LogP contribution in [-0.4, -0.2) is 39.0 Å². The van der Waals surface area contributed by atoms with Gasteiger partial charge in [-0.2, -0.15) is 5.10 Å². The molecule has 0 aliphatic heterocycles. The van der Waals surface area contributed by atoms with E-state index in [9.17, 15) is 9.59 Å². The number of aryl methyl sites for hydroxylation is 1. The molecule has 0 saturated heterocycles. The Balaban J connectivity index is 2.19. The highest BCUT2D eigenvalue weighted by atomic mass is 16.4. The number of carbonyl (C=O) groups is 1. The fourth-order valence-electron chi connectivity index (χ4n) is 2.04. The van der Waals surface area contributed by atoms with Gasteiger partial charge in [0.15, 0.2) is 0 Å². The molecule has 0 bridgehead atoms. The smallest absolute Gasteiger partial charge is 0.336 e. The van der Waals surface area contributed by atoms with Gasteiger partial charge in [-0.3, -0.25) is 9.78 Å². The number of nitrogens with zero attached hydrogens (tertiary/aromatic N) is 2. The summed E-state index contributed by atoms with van der Waals surface area (Å²) in [5, 5.41) is 21.9. The van der Waals surface area contributed by atoms with Crippen LogP contribution < -0.4 is 11.0 Å². The fourth-order valence-corrected chi connectivity index (χ4v) is 2.04. The molecule has 0 unspecified atom stereocenters. The minimum Gasteiger partial charge on any atom is -0.478 e. The average molecular weight is 316 g/mol. The lowest BCUT2D eigenvalue weighted by Crippen LogP contribution is -2.19. The number of hydrogen-bond donors (Lipinski definition) is 4. The van der Waals surface area contributed by atoms with E-state index in [0.717, 1.165) is 0 Å². The summed E-state index contributed by atoms with van der Waals surface area (Å²) in [6.45, 7) is 1.53. The summed E-state index contributed by atoms with van der Waals surface area (Å²) in [6, 6.07) is 6.40. The number of hydrogen-bond acceptors (Lipinski definition) is 6. The van der Waals surface area contributed by atoms with Crippen molar-refractivity contribution in [2.75, 3.05) is 12.0 Å². The number of H-pyrrole nitrogens is 1. The summed E-state index contributed by atoms with van der Waals surface area (Å²) in [4.78, 5) is 29.6. The Labute approximate surface area is 131 Å². The predicted molar refractivity (Wildman–Crippen MR) is 85.0 cm³/mol. The molecule has 0 atom stereocenters. The van der Waals surface area contributed by atoms with Gasteiger partial charge in [-0.15, -0.1) is 0 Å². The third-order valence-corrected chi connectivity index (χ3v) is 3.15. The minimum atomic E-state index is -1.05. The maximum absolute atomic E-state index is 11.9. The number of benzene rings is 1. The molecule has 1 aromatic heterocycles. The second-order valence-corrected chi connectivity index (χ2v) is 4.71. The molecule has 0 aliphatic rings. The van der Waals surface area contributed by atoms with Crippen LogP contribution in [0.15, 0.2) is 34.2 Å². The van der Waals surface area contributed by atoms with Crippen LogP contribution in [0.25, 0.3) is 0 Å². The Hall–Kier alpha value is -3.00. The number of aromatic carboxylic acids is 1. The molecule has 8 heteroatoms. The van der Waals surface area contributed by atoms with Gasteiger partial charge in [0, 0.05) is 24.2 Å². The maximum atomic E-state index is 11.9. The molecule has 2 rings (SSSR count). The van der Waals surface area contributed by atoms with Crippen LogP contribution in [0.3, 0.4) is 0 Å². The molecule has 0 saturated carbocycles. The lowest BCUT2D eigenvalue weighted by molar-refractivity contribution is 0.0696. The molecule has 2 aromatic rings. The number of aliphatic hydroxyl groups is 1. The topological polar surface area (TPSA) is 128 Å². The highest BCUT2D eigenvalue weighted by molar-refractivity contribution is 5.98. The van der Waals surface area contributed by atoms with Crippen LogP contribution in [0.2, 0.25) is 0 Å². The van der Waals surface area contributed by atoms with E-state index in [0.29, 0.717) is 16.8 Å². The molecule has 23 heavy (non-hydrogen) atoms. The number of aliphatic hydroxyl groups excluding tert-OH is 1. The first-order valence-corrected chi connectivity index (χ1v) is 6.85. The number of carboxylic acid groups (broad SMARTS) is 1. The molecule has 0 radical (unpaired) electrons. The van der Waals surface area contributed by atoms with Gasteiger partial charge in [0.25, 0.3) is 5.56 Å². The zero-order chi connectivity index (χ0) is 16.8. The Morgan fingerprint density at radius 3 is 2.83 bits per heavy atom. The van der Waals surface area contributed by atoms with Gasteiger partial charge in [-0.25, -0.2) is 15.2 Å². The second-order valence-electron chi connectivity index (χ2n) is 4.71. The number of aromatic nitrogens is 2. The van der Waals surface area contributed by atoms with E-state index in [1.165, 1.54) is 12.3 Å². The fraction of sp³-hybridized carbons (Fsp3) is 0.200. The number of aromatic amines is 1. The van der Waals surface area contributed by atoms with E-state index < -0.39 is 5.97 Å². The molecule has 0 spiro atoms. The van der Waals surface area contributed by atoms with E-state index in [2.05, 4.69) is 20.5 Å². The van der Waals surface area contributed by atoms with Gasteiger partial charge in [-0.1, -0.05) is 18.2 Å². The molecule has 120 valence electrons. The molecule has 4 N–H and O–H groups in total. The van der Waals surface area contributed by atoms with Crippen LogP contribution in [-0.2, 0) is 6.42 Å². The summed E-state index contributed by atoms with van der Waals surface area (Å²) < 4.78 is 0. The van der Waals surface area contributed by atoms with Crippen molar-refractivity contribution in [3.8, 4) is 0 Å². The van der Waals surface area contributed by atoms with E-state index >= 15 is 0 Å². The van der Waals surface area contributed by atoms with Crippen molar-refractivity contribution in [3.63, 3.8) is 0 Å². The van der Waals surface area contributed by atoms with Crippen molar-refractivity contribution in [2.45, 2.75) is 13.3 Å². The Bertz CT molecular complexity index is 798. The lowest BCUT2D eigenvalue weighted by atomic mass is 10.1. The van der Waals surface area contributed by atoms with Crippen LogP contribution >= 0.6 is 0 Å². The van der Waals surface area contributed by atoms with Crippen molar-refractivity contribution in [1.82, 2.24) is 9.97 Å². The second kappa shape index (κ2) is 7.32. The van der Waals surface area contributed by atoms with Gasteiger partial charge in [0.2, 0.25) is 5.95 Å². The molecule has 8 nitrogen and oxygen atoms in total. The van der Waals surface area contributed by atoms with Crippen LogP contribution in [0, 0.1) is 6.92 Å². The first-order chi connectivity index (χ1) is 11.0. The molecular weight excluding hydrogens is 300 g/mol. The number of hydrazone groups is 1. The third kappa shape index (κ3) is 4.01. The summed E-state index contributed by atoms with van der Waals surface area (Å²) in [5.74, 6) is -0.916. The standard InChI is InChI=1S/C15H16N4O4/c1-9-11(6-7-20)13(21)18-15(17-9)19-16-8-10-4-2-3-5-12(10)14(22)23/h2-5,8,20H,6-7H2,1H3,(H,22,23)(H2,17,18,19,21)/b16-8-. The molecule has 1 heterocycles. The van der Waals surface area contributed by atoms with E-state index in [1.807, 2.05) is 0 Å². The first-order valence-electron chi connectivity index (χ1n) is 6.85. The van der Waals surface area contributed by atoms with Gasteiger partial charge >= 0.3 is 5.97 Å². The van der Waals surface area contributed by atoms with Crippen LogP contribution in [0.4, 0.5) is 5.95 Å². The van der Waals surface area contributed by atoms with Gasteiger partial charge in [-0.05, 0) is 13.0 Å². The number of nitrogens with one attached hydrogen (secondary N) is 2. The average Bonchev–Trinajstić information content (AvgIpc) is 2.51. The molecule has 0 amide bonds. The summed E-state index contributed by atoms with van der Waals surface area (Å²) in [5.41, 5.74) is 3.65. The van der Waals surface area contributed by atoms with Crippen LogP contribution in [0.1, 0.15) is 27.2 Å². The summed E-state index contributed by atoms with van der Waals surface area (Å²) in [7, 11) is 0. The van der Waals surface area contributed by atoms with Crippen molar-refractivity contribution < 1.29 is 15.0 Å². The largest absolute Gasteiger partial charge is 0.478 e. The molecule has 0 aliphatic carbocycles. The van der Waals surface area contributed by atoms with Gasteiger partial charge in [0.05, 0.1) is 17.5 Å².